The van der Waals surface area contributed by atoms with E-state index in [1.165, 1.54) is 38.5 Å². The van der Waals surface area contributed by atoms with E-state index < -0.39 is 29.7 Å². The van der Waals surface area contributed by atoms with E-state index in [1.54, 1.807) is 38.1 Å². The van der Waals surface area contributed by atoms with E-state index in [1.807, 2.05) is 0 Å². The number of rotatable bonds is 12. The molecule has 0 fully saturated rings. The Balaban J connectivity index is 1.64. The molecule has 2 rings (SSSR count). The van der Waals surface area contributed by atoms with Crippen molar-refractivity contribution >= 4 is 24.2 Å². The molecule has 0 aliphatic rings. The summed E-state index contributed by atoms with van der Waals surface area (Å²) < 4.78 is 19.6. The van der Waals surface area contributed by atoms with Gasteiger partial charge in [0.25, 0.3) is 0 Å². The van der Waals surface area contributed by atoms with Crippen LogP contribution in [0.25, 0.3) is 0 Å². The molecule has 200 valence electrons. The van der Waals surface area contributed by atoms with Crippen molar-refractivity contribution in [3.8, 4) is 11.5 Å². The van der Waals surface area contributed by atoms with Gasteiger partial charge < -0.3 is 18.9 Å². The molecule has 2 aromatic carbocycles. The quantitative estimate of drug-likeness (QED) is 0.224. The second kappa shape index (κ2) is 14.1. The maximum absolute atomic E-state index is 11.9. The SMILES string of the molecule is COc1ccccc1C(=O)OOOC(=O)OCC(C)(C)COC(=O)OOOC(=O)c1ccccc1OC. The minimum atomic E-state index is -1.34. The average Bonchev–Trinajstić information content (AvgIpc) is 2.90. The summed E-state index contributed by atoms with van der Waals surface area (Å²) >= 11 is 0. The van der Waals surface area contributed by atoms with Crippen molar-refractivity contribution in [2.24, 2.45) is 5.41 Å². The first-order valence-corrected chi connectivity index (χ1v) is 10.4. The number of hydrogen-bond acceptors (Lipinski definition) is 14. The summed E-state index contributed by atoms with van der Waals surface area (Å²) in [6.45, 7) is 2.51. The average molecular weight is 524 g/mol. The third-order valence-electron chi connectivity index (χ3n) is 4.24. The van der Waals surface area contributed by atoms with Crippen molar-refractivity contribution in [2.45, 2.75) is 13.8 Å². The van der Waals surface area contributed by atoms with E-state index in [0.29, 0.717) is 0 Å². The van der Waals surface area contributed by atoms with Crippen molar-refractivity contribution in [3.63, 3.8) is 0 Å². The Morgan fingerprint density at radius 3 is 1.38 bits per heavy atom. The van der Waals surface area contributed by atoms with Crippen molar-refractivity contribution in [1.82, 2.24) is 0 Å². The first-order chi connectivity index (χ1) is 17.7. The van der Waals surface area contributed by atoms with Gasteiger partial charge in [-0.25, -0.2) is 29.0 Å². The molecule has 0 bridgehead atoms. The zero-order chi connectivity index (χ0) is 27.3. The van der Waals surface area contributed by atoms with Crippen LogP contribution >= 0.6 is 0 Å². The van der Waals surface area contributed by atoms with Crippen LogP contribution in [-0.2, 0) is 39.1 Å². The van der Waals surface area contributed by atoms with Gasteiger partial charge in [0, 0.05) is 5.41 Å². The summed E-state index contributed by atoms with van der Waals surface area (Å²) in [5.41, 5.74) is -0.864. The number of para-hydroxylation sites is 2. The van der Waals surface area contributed by atoms with Gasteiger partial charge in [-0.2, -0.15) is 0 Å². The molecule has 0 heterocycles. The molecule has 0 unspecified atom stereocenters. The summed E-state index contributed by atoms with van der Waals surface area (Å²) in [5.74, 6) is -1.51. The summed E-state index contributed by atoms with van der Waals surface area (Å²) in [6, 6.07) is 12.3. The van der Waals surface area contributed by atoms with E-state index in [0.717, 1.165) is 0 Å². The molecule has 0 saturated heterocycles. The normalized spacial score (nSPS) is 10.5. The minimum Gasteiger partial charge on any atom is -0.496 e. The molecule has 0 atom stereocenters. The van der Waals surface area contributed by atoms with Gasteiger partial charge in [0.1, 0.15) is 35.8 Å². The fourth-order valence-electron chi connectivity index (χ4n) is 2.47. The van der Waals surface area contributed by atoms with E-state index in [-0.39, 0.29) is 35.8 Å². The van der Waals surface area contributed by atoms with Gasteiger partial charge in [-0.1, -0.05) is 38.1 Å². The van der Waals surface area contributed by atoms with Gasteiger partial charge in [0.05, 0.1) is 24.3 Å². The predicted octanol–water partition coefficient (Wildman–Crippen LogP) is 3.74. The monoisotopic (exact) mass is 524 g/mol. The Kier molecular flexibility index (Phi) is 10.9. The van der Waals surface area contributed by atoms with Gasteiger partial charge >= 0.3 is 24.2 Å². The highest BCUT2D eigenvalue weighted by Gasteiger charge is 2.25. The second-order valence-electron chi connectivity index (χ2n) is 7.69. The number of carbonyl (C=O) groups excluding carboxylic acids is 4. The van der Waals surface area contributed by atoms with Crippen LogP contribution in [0.2, 0.25) is 0 Å². The van der Waals surface area contributed by atoms with Crippen LogP contribution < -0.4 is 9.47 Å². The third kappa shape index (κ3) is 9.54. The van der Waals surface area contributed by atoms with Crippen LogP contribution in [0, 0.1) is 5.41 Å². The lowest BCUT2D eigenvalue weighted by molar-refractivity contribution is -0.453. The number of hydrogen-bond donors (Lipinski definition) is 0. The fourth-order valence-corrected chi connectivity index (χ4v) is 2.47. The van der Waals surface area contributed by atoms with E-state index in [2.05, 4.69) is 29.6 Å². The summed E-state index contributed by atoms with van der Waals surface area (Å²) in [5, 5.41) is 8.27. The lowest BCUT2D eigenvalue weighted by Gasteiger charge is -2.22. The number of benzene rings is 2. The van der Waals surface area contributed by atoms with Crippen molar-refractivity contribution < 1.29 is 67.8 Å². The van der Waals surface area contributed by atoms with Crippen molar-refractivity contribution in [3.05, 3.63) is 59.7 Å². The highest BCUT2D eigenvalue weighted by Crippen LogP contribution is 2.20. The number of carbonyl (C=O) groups is 4. The lowest BCUT2D eigenvalue weighted by atomic mass is 9.96. The predicted molar refractivity (Wildman–Crippen MR) is 118 cm³/mol. The largest absolute Gasteiger partial charge is 0.543 e. The Labute approximate surface area is 210 Å². The summed E-state index contributed by atoms with van der Waals surface area (Å²) in [6.07, 6.45) is -2.68. The van der Waals surface area contributed by atoms with Gasteiger partial charge in [-0.15, -0.1) is 0 Å². The van der Waals surface area contributed by atoms with E-state index >= 15 is 0 Å². The molecule has 0 aliphatic carbocycles. The second-order valence-corrected chi connectivity index (χ2v) is 7.69. The molecule has 2 aromatic rings. The topological polar surface area (TPSA) is 161 Å². The Morgan fingerprint density at radius 1 is 0.622 bits per heavy atom. The lowest BCUT2D eigenvalue weighted by Crippen LogP contribution is -2.29. The highest BCUT2D eigenvalue weighted by atomic mass is 17.5. The van der Waals surface area contributed by atoms with Gasteiger partial charge in [0.2, 0.25) is 0 Å². The molecule has 0 aromatic heterocycles. The number of methoxy groups -OCH3 is 2. The van der Waals surface area contributed by atoms with E-state index in [4.69, 9.17) is 18.9 Å². The summed E-state index contributed by atoms with van der Waals surface area (Å²) in [4.78, 5) is 64.3. The minimum absolute atomic E-state index is 0.0330. The van der Waals surface area contributed by atoms with Gasteiger partial charge in [0.15, 0.2) is 0 Å². The molecule has 0 radical (unpaired) electrons. The zero-order valence-corrected chi connectivity index (χ0v) is 20.2. The smallest absolute Gasteiger partial charge is 0.496 e. The standard InChI is InChI=1S/C23H24O14/c1-23(2,13-30-21(26)34-36-32-19(24)15-9-5-7-11-17(15)28-3)14-31-22(27)35-37-33-20(25)16-10-6-8-12-18(16)29-4/h5-12H,13-14H2,1-4H3. The third-order valence-corrected chi connectivity index (χ3v) is 4.24. The molecule has 0 amide bonds. The van der Waals surface area contributed by atoms with Crippen LogP contribution in [0.1, 0.15) is 34.6 Å². The first-order valence-electron chi connectivity index (χ1n) is 10.4. The number of ether oxygens (including phenoxy) is 4. The molecule has 0 saturated carbocycles. The Morgan fingerprint density at radius 2 is 1.00 bits per heavy atom. The van der Waals surface area contributed by atoms with Gasteiger partial charge in [-0.05, 0) is 24.3 Å². The molecule has 14 heteroatoms. The van der Waals surface area contributed by atoms with Gasteiger partial charge in [-0.3, -0.25) is 9.78 Å². The Hall–Kier alpha value is -4.56. The van der Waals surface area contributed by atoms with Crippen LogP contribution in [0.15, 0.2) is 48.5 Å². The maximum atomic E-state index is 11.9. The molecule has 0 N–H and O–H groups in total. The zero-order valence-electron chi connectivity index (χ0n) is 20.2. The van der Waals surface area contributed by atoms with Crippen LogP contribution in [-0.4, -0.2) is 51.7 Å². The highest BCUT2D eigenvalue weighted by molar-refractivity contribution is 5.92. The molecule has 37 heavy (non-hydrogen) atoms. The van der Waals surface area contributed by atoms with Crippen LogP contribution in [0.4, 0.5) is 9.59 Å². The van der Waals surface area contributed by atoms with Crippen LogP contribution in [0.5, 0.6) is 11.5 Å². The van der Waals surface area contributed by atoms with Crippen molar-refractivity contribution in [2.75, 3.05) is 27.4 Å². The van der Waals surface area contributed by atoms with Crippen LogP contribution in [0.3, 0.4) is 0 Å². The molecular weight excluding hydrogens is 500 g/mol. The fraction of sp³-hybridized carbons (Fsp3) is 0.304. The molecule has 0 spiro atoms. The van der Waals surface area contributed by atoms with Crippen molar-refractivity contribution in [1.29, 1.82) is 0 Å². The molecular formula is C23H24O14. The Bertz CT molecular complexity index is 997. The molecule has 0 aliphatic heterocycles. The first kappa shape index (κ1) is 28.7. The summed E-state index contributed by atoms with van der Waals surface area (Å²) in [7, 11) is 2.72. The maximum Gasteiger partial charge on any atom is 0.543 e. The molecule has 14 nitrogen and oxygen atoms in total. The van der Waals surface area contributed by atoms with E-state index in [9.17, 15) is 19.2 Å².